The van der Waals surface area contributed by atoms with E-state index in [1.54, 1.807) is 12.1 Å². The van der Waals surface area contributed by atoms with Gasteiger partial charge in [0.1, 0.15) is 23.1 Å². The van der Waals surface area contributed by atoms with Crippen molar-refractivity contribution in [2.75, 3.05) is 4.90 Å². The lowest BCUT2D eigenvalue weighted by atomic mass is 9.86. The lowest BCUT2D eigenvalue weighted by molar-refractivity contribution is 0.476. The van der Waals surface area contributed by atoms with E-state index in [9.17, 15) is 4.39 Å². The van der Waals surface area contributed by atoms with Crippen molar-refractivity contribution in [3.8, 4) is 11.5 Å². The fourth-order valence-electron chi connectivity index (χ4n) is 5.15. The highest BCUT2D eigenvalue weighted by Gasteiger charge is 2.48. The minimum absolute atomic E-state index is 0.0438. The quantitative estimate of drug-likeness (QED) is 0.336. The summed E-state index contributed by atoms with van der Waals surface area (Å²) in [5.74, 6) is 1.88. The molecule has 3 nitrogen and oxygen atoms in total. The predicted octanol–water partition coefficient (Wildman–Crippen LogP) is 7.32. The van der Waals surface area contributed by atoms with Crippen molar-refractivity contribution in [1.29, 1.82) is 0 Å². The summed E-state index contributed by atoms with van der Waals surface area (Å²) in [5.41, 5.74) is 6.44. The molecule has 3 aromatic carbocycles. The molecule has 0 N–H and O–H groups in total. The van der Waals surface area contributed by atoms with E-state index in [0.717, 1.165) is 5.82 Å². The zero-order valence-corrected chi connectivity index (χ0v) is 18.9. The van der Waals surface area contributed by atoms with Crippen molar-refractivity contribution in [3.05, 3.63) is 119 Å². The van der Waals surface area contributed by atoms with Crippen molar-refractivity contribution in [1.82, 2.24) is 4.98 Å². The van der Waals surface area contributed by atoms with Gasteiger partial charge in [0.05, 0.1) is 12.1 Å². The molecule has 0 fully saturated rings. The first-order chi connectivity index (χ1) is 15.9. The van der Waals surface area contributed by atoms with E-state index < -0.39 is 0 Å². The molecule has 3 heterocycles. The van der Waals surface area contributed by atoms with Gasteiger partial charge in [0.2, 0.25) is 0 Å². The fraction of sp³-hybridized carbons (Fsp3) is 0.207. The van der Waals surface area contributed by atoms with Crippen LogP contribution in [0.5, 0.6) is 11.5 Å². The molecule has 2 bridgehead atoms. The monoisotopic (exact) mass is 436 g/mol. The van der Waals surface area contributed by atoms with Crippen LogP contribution in [-0.4, -0.2) is 4.98 Å². The molecule has 2 aliphatic rings. The normalized spacial score (nSPS) is 18.2. The predicted molar refractivity (Wildman–Crippen MR) is 128 cm³/mol. The molecule has 4 aromatic rings. The first kappa shape index (κ1) is 20.0. The van der Waals surface area contributed by atoms with Gasteiger partial charge in [0, 0.05) is 12.3 Å². The third-order valence-electron chi connectivity index (χ3n) is 6.70. The number of ether oxygens (including phenoxy) is 1. The second kappa shape index (κ2) is 7.17. The van der Waals surface area contributed by atoms with E-state index >= 15 is 0 Å². The Kier molecular flexibility index (Phi) is 4.34. The molecular weight excluding hydrogens is 411 g/mol. The Labute approximate surface area is 193 Å². The van der Waals surface area contributed by atoms with Crippen LogP contribution in [0.15, 0.2) is 85.1 Å². The Morgan fingerprint density at radius 2 is 1.45 bits per heavy atom. The number of fused-ring (bicyclic) bond motifs is 8. The standard InChI is InChI=1S/C29H25FN2O/c1-29(2,3)18-13-14-31-26(15-18)32-27-22-9-4-5-10-23(22)28(32)25-17-21(11-12-24(25)27)33-20-8-6-7-19(30)16-20/h4-17,27-28H,1-3H3. The van der Waals surface area contributed by atoms with Gasteiger partial charge in [-0.3, -0.25) is 0 Å². The van der Waals surface area contributed by atoms with Gasteiger partial charge in [-0.15, -0.1) is 0 Å². The van der Waals surface area contributed by atoms with Gasteiger partial charge in [-0.25, -0.2) is 9.37 Å². The Morgan fingerprint density at radius 1 is 0.758 bits per heavy atom. The van der Waals surface area contributed by atoms with Crippen molar-refractivity contribution in [2.45, 2.75) is 38.3 Å². The van der Waals surface area contributed by atoms with Gasteiger partial charge >= 0.3 is 0 Å². The van der Waals surface area contributed by atoms with Crippen LogP contribution in [0.25, 0.3) is 0 Å². The number of rotatable bonds is 3. The summed E-state index contributed by atoms with van der Waals surface area (Å²) in [7, 11) is 0. The SMILES string of the molecule is CC(C)(C)c1ccnc(N2C3c4ccccc4C2c2cc(Oc4cccc(F)c4)ccc23)c1. The number of benzene rings is 3. The molecule has 0 spiro atoms. The first-order valence-electron chi connectivity index (χ1n) is 11.3. The van der Waals surface area contributed by atoms with Crippen molar-refractivity contribution < 1.29 is 9.13 Å². The van der Waals surface area contributed by atoms with Crippen LogP contribution in [0.3, 0.4) is 0 Å². The average Bonchev–Trinajstić information content (AvgIpc) is 3.31. The number of hydrogen-bond acceptors (Lipinski definition) is 3. The summed E-state index contributed by atoms with van der Waals surface area (Å²) in [6.45, 7) is 6.68. The summed E-state index contributed by atoms with van der Waals surface area (Å²) in [4.78, 5) is 7.22. The van der Waals surface area contributed by atoms with Crippen molar-refractivity contribution in [3.63, 3.8) is 0 Å². The van der Waals surface area contributed by atoms with Crippen LogP contribution in [0, 0.1) is 5.82 Å². The second-order valence-electron chi connectivity index (χ2n) is 9.84. The summed E-state index contributed by atoms with van der Waals surface area (Å²) < 4.78 is 19.6. The maximum Gasteiger partial charge on any atom is 0.130 e. The number of anilines is 1. The van der Waals surface area contributed by atoms with Crippen LogP contribution in [0.1, 0.15) is 60.7 Å². The number of hydrogen-bond donors (Lipinski definition) is 0. The molecule has 0 aliphatic carbocycles. The van der Waals surface area contributed by atoms with Gasteiger partial charge < -0.3 is 9.64 Å². The molecular formula is C29H25FN2O. The molecule has 0 amide bonds. The highest BCUT2D eigenvalue weighted by molar-refractivity contribution is 5.69. The van der Waals surface area contributed by atoms with Crippen molar-refractivity contribution in [2.24, 2.45) is 0 Å². The van der Waals surface area contributed by atoms with Crippen LogP contribution < -0.4 is 9.64 Å². The minimum Gasteiger partial charge on any atom is -0.457 e. The molecule has 2 aliphatic heterocycles. The Hall–Kier alpha value is -3.66. The molecule has 33 heavy (non-hydrogen) atoms. The Balaban J connectivity index is 1.44. The zero-order valence-electron chi connectivity index (χ0n) is 18.9. The van der Waals surface area contributed by atoms with Gasteiger partial charge in [0.25, 0.3) is 0 Å². The van der Waals surface area contributed by atoms with E-state index in [1.807, 2.05) is 12.3 Å². The fourth-order valence-corrected chi connectivity index (χ4v) is 5.15. The molecule has 6 rings (SSSR count). The van der Waals surface area contributed by atoms with Gasteiger partial charge in [-0.1, -0.05) is 57.2 Å². The summed E-state index contributed by atoms with van der Waals surface area (Å²) in [6.07, 6.45) is 1.92. The zero-order chi connectivity index (χ0) is 22.7. The first-order valence-corrected chi connectivity index (χ1v) is 11.3. The largest absolute Gasteiger partial charge is 0.457 e. The summed E-state index contributed by atoms with van der Waals surface area (Å²) >= 11 is 0. The Morgan fingerprint density at radius 3 is 2.18 bits per heavy atom. The number of pyridine rings is 1. The molecule has 0 radical (unpaired) electrons. The van der Waals surface area contributed by atoms with Crippen LogP contribution >= 0.6 is 0 Å². The van der Waals surface area contributed by atoms with Gasteiger partial charge in [-0.2, -0.15) is 0 Å². The van der Waals surface area contributed by atoms with E-state index in [-0.39, 0.29) is 23.3 Å². The molecule has 2 unspecified atom stereocenters. The van der Waals surface area contributed by atoms with Crippen LogP contribution in [0.2, 0.25) is 0 Å². The third kappa shape index (κ3) is 3.20. The second-order valence-corrected chi connectivity index (χ2v) is 9.84. The van der Waals surface area contributed by atoms with Crippen LogP contribution in [0.4, 0.5) is 10.2 Å². The average molecular weight is 437 g/mol. The molecule has 4 heteroatoms. The number of nitrogens with zero attached hydrogens (tertiary/aromatic N) is 2. The molecule has 164 valence electrons. The molecule has 1 aromatic heterocycles. The maximum atomic E-state index is 13.6. The highest BCUT2D eigenvalue weighted by Crippen LogP contribution is 2.58. The molecule has 0 saturated heterocycles. The summed E-state index contributed by atoms with van der Waals surface area (Å²) in [5, 5.41) is 0. The number of halogens is 1. The molecule has 2 atom stereocenters. The van der Waals surface area contributed by atoms with Gasteiger partial charge in [0.15, 0.2) is 0 Å². The van der Waals surface area contributed by atoms with E-state index in [2.05, 4.69) is 74.2 Å². The minimum atomic E-state index is -0.308. The van der Waals surface area contributed by atoms with E-state index in [1.165, 1.54) is 39.9 Å². The smallest absolute Gasteiger partial charge is 0.130 e. The van der Waals surface area contributed by atoms with E-state index in [4.69, 9.17) is 9.72 Å². The topological polar surface area (TPSA) is 25.4 Å². The van der Waals surface area contributed by atoms with E-state index in [0.29, 0.717) is 11.5 Å². The van der Waals surface area contributed by atoms with Crippen molar-refractivity contribution >= 4 is 5.82 Å². The van der Waals surface area contributed by atoms with Gasteiger partial charge in [-0.05, 0) is 69.6 Å². The summed E-state index contributed by atoms with van der Waals surface area (Å²) in [6, 6.07) is 25.6. The lowest BCUT2D eigenvalue weighted by Gasteiger charge is -2.27. The Bertz CT molecular complexity index is 1370. The van der Waals surface area contributed by atoms with Crippen LogP contribution in [-0.2, 0) is 5.41 Å². The maximum absolute atomic E-state index is 13.6. The third-order valence-corrected chi connectivity index (χ3v) is 6.70. The lowest BCUT2D eigenvalue weighted by Crippen LogP contribution is -2.22. The molecule has 0 saturated carbocycles. The highest BCUT2D eigenvalue weighted by atomic mass is 19.1. The number of aromatic nitrogens is 1.